The van der Waals surface area contributed by atoms with Crippen molar-refractivity contribution >= 4 is 0 Å². The SMILES string of the molecule is CCCCCc1ccc(C#Cc2ccc(C#Cc3ccc(CC)c(F)c3)cc2)cc1F. The number of benzene rings is 3. The van der Waals surface area contributed by atoms with E-state index in [9.17, 15) is 8.78 Å². The molecule has 0 aliphatic heterocycles. The van der Waals surface area contributed by atoms with Gasteiger partial charge in [0, 0.05) is 22.3 Å². The molecule has 0 spiro atoms. The molecule has 0 unspecified atom stereocenters. The van der Waals surface area contributed by atoms with Gasteiger partial charge < -0.3 is 0 Å². The summed E-state index contributed by atoms with van der Waals surface area (Å²) in [6.45, 7) is 4.06. The molecule has 0 N–H and O–H groups in total. The molecular weight excluding hydrogens is 386 g/mol. The molecule has 156 valence electrons. The zero-order chi connectivity index (χ0) is 22.1. The highest BCUT2D eigenvalue weighted by Gasteiger charge is 2.02. The van der Waals surface area contributed by atoms with Gasteiger partial charge in [0.25, 0.3) is 0 Å². The lowest BCUT2D eigenvalue weighted by Gasteiger charge is -2.03. The van der Waals surface area contributed by atoms with Crippen molar-refractivity contribution in [2.45, 2.75) is 46.0 Å². The number of aryl methyl sites for hydroxylation is 2. The van der Waals surface area contributed by atoms with E-state index in [1.54, 1.807) is 6.07 Å². The summed E-state index contributed by atoms with van der Waals surface area (Å²) in [6.07, 6.45) is 4.68. The van der Waals surface area contributed by atoms with Gasteiger partial charge >= 0.3 is 0 Å². The number of unbranched alkanes of at least 4 members (excludes halogenated alkanes) is 2. The molecule has 0 bridgehead atoms. The molecule has 31 heavy (non-hydrogen) atoms. The maximum absolute atomic E-state index is 14.2. The molecular formula is C29H26F2. The van der Waals surface area contributed by atoms with E-state index < -0.39 is 0 Å². The van der Waals surface area contributed by atoms with Crippen molar-refractivity contribution in [1.29, 1.82) is 0 Å². The van der Waals surface area contributed by atoms with Crippen molar-refractivity contribution in [1.82, 2.24) is 0 Å². The van der Waals surface area contributed by atoms with E-state index in [2.05, 4.69) is 30.6 Å². The molecule has 0 nitrogen and oxygen atoms in total. The summed E-state index contributed by atoms with van der Waals surface area (Å²) in [7, 11) is 0. The summed E-state index contributed by atoms with van der Waals surface area (Å²) >= 11 is 0. The molecule has 0 fully saturated rings. The normalized spacial score (nSPS) is 10.1. The molecule has 0 saturated carbocycles. The lowest BCUT2D eigenvalue weighted by atomic mass is 10.0. The van der Waals surface area contributed by atoms with Crippen LogP contribution < -0.4 is 0 Å². The number of hydrogen-bond acceptors (Lipinski definition) is 0. The van der Waals surface area contributed by atoms with Crippen LogP contribution in [-0.2, 0) is 12.8 Å². The zero-order valence-corrected chi connectivity index (χ0v) is 18.1. The number of rotatable bonds is 5. The summed E-state index contributed by atoms with van der Waals surface area (Å²) in [5.74, 6) is 11.7. The van der Waals surface area contributed by atoms with Crippen LogP contribution in [0.5, 0.6) is 0 Å². The molecule has 0 heterocycles. The van der Waals surface area contributed by atoms with Crippen LogP contribution in [0.25, 0.3) is 0 Å². The third-order valence-corrected chi connectivity index (χ3v) is 5.12. The maximum atomic E-state index is 14.2. The third-order valence-electron chi connectivity index (χ3n) is 5.12. The van der Waals surface area contributed by atoms with Crippen LogP contribution in [0.1, 0.15) is 66.5 Å². The van der Waals surface area contributed by atoms with Crippen LogP contribution in [0.15, 0.2) is 60.7 Å². The Morgan fingerprint density at radius 2 is 1.03 bits per heavy atom. The zero-order valence-electron chi connectivity index (χ0n) is 18.1. The largest absolute Gasteiger partial charge is 0.207 e. The van der Waals surface area contributed by atoms with Crippen molar-refractivity contribution in [3.05, 3.63) is 106 Å². The van der Waals surface area contributed by atoms with Crippen molar-refractivity contribution < 1.29 is 8.78 Å². The molecule has 3 aromatic rings. The van der Waals surface area contributed by atoms with Crippen molar-refractivity contribution in [3.8, 4) is 23.7 Å². The minimum atomic E-state index is -0.217. The Labute approximate surface area is 184 Å². The molecule has 0 radical (unpaired) electrons. The minimum absolute atomic E-state index is 0.183. The molecule has 0 amide bonds. The highest BCUT2D eigenvalue weighted by molar-refractivity contribution is 5.48. The van der Waals surface area contributed by atoms with Crippen molar-refractivity contribution in [2.24, 2.45) is 0 Å². The maximum Gasteiger partial charge on any atom is 0.127 e. The van der Waals surface area contributed by atoms with Crippen LogP contribution in [-0.4, -0.2) is 0 Å². The van der Waals surface area contributed by atoms with E-state index in [0.29, 0.717) is 23.1 Å². The molecule has 0 aromatic heterocycles. The molecule has 0 aliphatic rings. The summed E-state index contributed by atoms with van der Waals surface area (Å²) in [5.41, 5.74) is 4.42. The van der Waals surface area contributed by atoms with E-state index >= 15 is 0 Å². The van der Waals surface area contributed by atoms with Gasteiger partial charge in [0.1, 0.15) is 11.6 Å². The molecule has 3 rings (SSSR count). The summed E-state index contributed by atoms with van der Waals surface area (Å²) < 4.78 is 28.1. The van der Waals surface area contributed by atoms with Gasteiger partial charge in [-0.05, 0) is 78.9 Å². The fraction of sp³-hybridized carbons (Fsp3) is 0.241. The first kappa shape index (κ1) is 22.3. The Bertz CT molecular complexity index is 1150. The Morgan fingerprint density at radius 3 is 1.48 bits per heavy atom. The van der Waals surface area contributed by atoms with E-state index in [1.807, 2.05) is 49.4 Å². The van der Waals surface area contributed by atoms with Gasteiger partial charge in [-0.2, -0.15) is 0 Å². The Kier molecular flexibility index (Phi) is 8.03. The van der Waals surface area contributed by atoms with Gasteiger partial charge in [0.15, 0.2) is 0 Å². The fourth-order valence-electron chi connectivity index (χ4n) is 3.23. The molecule has 0 aliphatic carbocycles. The van der Waals surface area contributed by atoms with Gasteiger partial charge in [-0.3, -0.25) is 0 Å². The van der Waals surface area contributed by atoms with Crippen molar-refractivity contribution in [2.75, 3.05) is 0 Å². The molecule has 3 aromatic carbocycles. The third kappa shape index (κ3) is 6.56. The lowest BCUT2D eigenvalue weighted by molar-refractivity contribution is 0.598. The van der Waals surface area contributed by atoms with E-state index in [1.165, 1.54) is 12.1 Å². The Morgan fingerprint density at radius 1 is 0.581 bits per heavy atom. The summed E-state index contributed by atoms with van der Waals surface area (Å²) in [5, 5.41) is 0. The van der Waals surface area contributed by atoms with E-state index in [-0.39, 0.29) is 11.6 Å². The molecule has 0 saturated heterocycles. The van der Waals surface area contributed by atoms with E-state index in [4.69, 9.17) is 0 Å². The standard InChI is InChI=1S/C29H26F2/c1-3-5-6-7-27-19-17-25(21-29(27)31)15-13-23-10-8-22(9-11-23)12-14-24-16-18-26(4-2)28(30)20-24/h8-11,16-21H,3-7H2,1-2H3. The quantitative estimate of drug-likeness (QED) is 0.311. The summed E-state index contributed by atoms with van der Waals surface area (Å²) in [4.78, 5) is 0. The average molecular weight is 413 g/mol. The first-order valence-electron chi connectivity index (χ1n) is 10.8. The van der Waals surface area contributed by atoms with Crippen LogP contribution >= 0.6 is 0 Å². The van der Waals surface area contributed by atoms with Gasteiger partial charge in [-0.1, -0.05) is 62.5 Å². The monoisotopic (exact) mass is 412 g/mol. The Balaban J connectivity index is 1.66. The van der Waals surface area contributed by atoms with Crippen LogP contribution in [0, 0.1) is 35.3 Å². The minimum Gasteiger partial charge on any atom is -0.207 e. The highest BCUT2D eigenvalue weighted by Crippen LogP contribution is 2.14. The summed E-state index contributed by atoms with van der Waals surface area (Å²) in [6, 6.07) is 17.8. The first-order valence-corrected chi connectivity index (χ1v) is 10.8. The predicted molar refractivity (Wildman–Crippen MR) is 124 cm³/mol. The van der Waals surface area contributed by atoms with Crippen LogP contribution in [0.3, 0.4) is 0 Å². The van der Waals surface area contributed by atoms with Crippen LogP contribution in [0.2, 0.25) is 0 Å². The van der Waals surface area contributed by atoms with Gasteiger partial charge in [-0.25, -0.2) is 8.78 Å². The predicted octanol–water partition coefficient (Wildman–Crippen LogP) is 7.06. The second-order valence-corrected chi connectivity index (χ2v) is 7.50. The number of hydrogen-bond donors (Lipinski definition) is 0. The van der Waals surface area contributed by atoms with Crippen molar-refractivity contribution in [3.63, 3.8) is 0 Å². The topological polar surface area (TPSA) is 0 Å². The second-order valence-electron chi connectivity index (χ2n) is 7.50. The fourth-order valence-corrected chi connectivity index (χ4v) is 3.23. The lowest BCUT2D eigenvalue weighted by Crippen LogP contribution is -1.92. The van der Waals surface area contributed by atoms with E-state index in [0.717, 1.165) is 42.4 Å². The van der Waals surface area contributed by atoms with Gasteiger partial charge in [0.05, 0.1) is 0 Å². The van der Waals surface area contributed by atoms with Gasteiger partial charge in [-0.15, -0.1) is 0 Å². The number of halogens is 2. The molecule has 0 atom stereocenters. The highest BCUT2D eigenvalue weighted by atomic mass is 19.1. The van der Waals surface area contributed by atoms with Gasteiger partial charge in [0.2, 0.25) is 0 Å². The second kappa shape index (κ2) is 11.1. The first-order chi connectivity index (χ1) is 15.1. The average Bonchev–Trinajstić information content (AvgIpc) is 2.78. The van der Waals surface area contributed by atoms with Crippen LogP contribution in [0.4, 0.5) is 8.78 Å². The smallest absolute Gasteiger partial charge is 0.127 e. The molecule has 2 heteroatoms. The Hall–Kier alpha value is -3.36.